The van der Waals surface area contributed by atoms with Crippen molar-refractivity contribution in [3.63, 3.8) is 0 Å². The van der Waals surface area contributed by atoms with Gasteiger partial charge < -0.3 is 0 Å². The minimum Gasteiger partial charge on any atom is -0.288 e. The number of hydrogen-bond acceptors (Lipinski definition) is 2. The summed E-state index contributed by atoms with van der Waals surface area (Å²) in [6.45, 7) is 7.74. The van der Waals surface area contributed by atoms with Gasteiger partial charge in [0.05, 0.1) is 6.17 Å². The first-order chi connectivity index (χ1) is 10.9. The highest BCUT2D eigenvalue weighted by molar-refractivity contribution is 4.78. The molecule has 0 bridgehead atoms. The van der Waals surface area contributed by atoms with E-state index in [1.807, 2.05) is 0 Å². The zero-order valence-electron chi connectivity index (χ0n) is 15.2. The molecule has 22 heavy (non-hydrogen) atoms. The van der Waals surface area contributed by atoms with E-state index in [1.54, 1.807) is 0 Å². The van der Waals surface area contributed by atoms with Crippen LogP contribution in [0.2, 0.25) is 0 Å². The van der Waals surface area contributed by atoms with Gasteiger partial charge in [0, 0.05) is 0 Å². The number of hydrogen-bond donors (Lipinski definition) is 0. The van der Waals surface area contributed by atoms with E-state index in [2.05, 4.69) is 16.7 Å². The lowest BCUT2D eigenvalue weighted by atomic mass is 10.0. The zero-order valence-corrected chi connectivity index (χ0v) is 15.2. The molecule has 0 atom stereocenters. The lowest BCUT2D eigenvalue weighted by Crippen LogP contribution is -2.51. The van der Waals surface area contributed by atoms with E-state index in [-0.39, 0.29) is 0 Å². The van der Waals surface area contributed by atoms with Gasteiger partial charge in [0.25, 0.3) is 0 Å². The molecule has 2 rings (SSSR count). The van der Waals surface area contributed by atoms with Crippen LogP contribution in [0.25, 0.3) is 0 Å². The van der Waals surface area contributed by atoms with Crippen molar-refractivity contribution in [1.29, 1.82) is 0 Å². The lowest BCUT2D eigenvalue weighted by molar-refractivity contribution is 0.0104. The van der Waals surface area contributed by atoms with Crippen LogP contribution in [0.4, 0.5) is 0 Å². The summed E-state index contributed by atoms with van der Waals surface area (Å²) in [5.74, 6) is 0. The Hall–Kier alpha value is -0.0800. The van der Waals surface area contributed by atoms with Gasteiger partial charge in [-0.3, -0.25) is 9.80 Å². The second kappa shape index (κ2) is 11.5. The number of rotatable bonds is 10. The molecule has 2 heteroatoms. The number of unbranched alkanes of at least 4 members (excludes halogenated alkanes) is 6. The summed E-state index contributed by atoms with van der Waals surface area (Å²) in [5.41, 5.74) is 0. The molecule has 0 amide bonds. The molecule has 0 aromatic heterocycles. The maximum atomic E-state index is 2.83. The lowest BCUT2D eigenvalue weighted by Gasteiger charge is -2.43. The molecule has 0 saturated carbocycles. The fourth-order valence-corrected chi connectivity index (χ4v) is 4.31. The Labute approximate surface area is 139 Å². The Morgan fingerprint density at radius 1 is 0.591 bits per heavy atom. The highest BCUT2D eigenvalue weighted by atomic mass is 15.4. The van der Waals surface area contributed by atoms with E-state index in [4.69, 9.17) is 0 Å². The van der Waals surface area contributed by atoms with Crippen molar-refractivity contribution in [2.24, 2.45) is 0 Å². The van der Waals surface area contributed by atoms with Gasteiger partial charge in [-0.1, -0.05) is 64.7 Å². The number of likely N-dealkylation sites (tertiary alicyclic amines) is 2. The van der Waals surface area contributed by atoms with Crippen molar-refractivity contribution in [3.05, 3.63) is 0 Å². The van der Waals surface area contributed by atoms with Gasteiger partial charge in [-0.15, -0.1) is 0 Å². The van der Waals surface area contributed by atoms with Gasteiger partial charge in [0.1, 0.15) is 0 Å². The maximum absolute atomic E-state index is 2.83. The van der Waals surface area contributed by atoms with E-state index in [1.165, 1.54) is 116 Å². The van der Waals surface area contributed by atoms with Crippen molar-refractivity contribution in [3.8, 4) is 0 Å². The Morgan fingerprint density at radius 3 is 1.55 bits per heavy atom. The fraction of sp³-hybridized carbons (Fsp3) is 1.00. The van der Waals surface area contributed by atoms with Crippen LogP contribution in [-0.2, 0) is 0 Å². The summed E-state index contributed by atoms with van der Waals surface area (Å²) < 4.78 is 0. The molecular formula is C20H40N2. The van der Waals surface area contributed by atoms with E-state index in [0.717, 1.165) is 6.17 Å². The highest BCUT2D eigenvalue weighted by Crippen LogP contribution is 2.23. The van der Waals surface area contributed by atoms with E-state index < -0.39 is 0 Å². The van der Waals surface area contributed by atoms with Gasteiger partial charge in [-0.05, 0) is 58.3 Å². The van der Waals surface area contributed by atoms with Gasteiger partial charge in [-0.25, -0.2) is 0 Å². The Morgan fingerprint density at radius 2 is 1.05 bits per heavy atom. The molecule has 0 N–H and O–H groups in total. The van der Waals surface area contributed by atoms with Gasteiger partial charge in [-0.2, -0.15) is 0 Å². The predicted octanol–water partition coefficient (Wildman–Crippen LogP) is 5.43. The first-order valence-corrected chi connectivity index (χ1v) is 10.4. The van der Waals surface area contributed by atoms with Gasteiger partial charge in [0.2, 0.25) is 0 Å². The van der Waals surface area contributed by atoms with Crippen LogP contribution < -0.4 is 0 Å². The molecule has 2 nitrogen and oxygen atoms in total. The second-order valence-corrected chi connectivity index (χ2v) is 7.58. The van der Waals surface area contributed by atoms with Crippen LogP contribution in [-0.4, -0.2) is 42.1 Å². The van der Waals surface area contributed by atoms with E-state index in [9.17, 15) is 0 Å². The molecule has 0 aromatic carbocycles. The average Bonchev–Trinajstić information content (AvgIpc) is 2.59. The molecule has 2 heterocycles. The normalized spacial score (nSPS) is 21.5. The smallest absolute Gasteiger partial charge is 0.0622 e. The van der Waals surface area contributed by atoms with E-state index in [0.29, 0.717) is 0 Å². The molecule has 0 radical (unpaired) electrons. The maximum Gasteiger partial charge on any atom is 0.0622 e. The summed E-state index contributed by atoms with van der Waals surface area (Å²) in [5, 5.41) is 0. The van der Waals surface area contributed by atoms with Crippen LogP contribution in [0.5, 0.6) is 0 Å². The van der Waals surface area contributed by atoms with Gasteiger partial charge in [0.15, 0.2) is 0 Å². The summed E-state index contributed by atoms with van der Waals surface area (Å²) in [4.78, 5) is 5.65. The second-order valence-electron chi connectivity index (χ2n) is 7.58. The molecule has 0 aromatic rings. The molecule has 2 saturated heterocycles. The third kappa shape index (κ3) is 6.58. The molecular weight excluding hydrogens is 268 g/mol. The molecule has 2 aliphatic heterocycles. The summed E-state index contributed by atoms with van der Waals surface area (Å²) in [6, 6.07) is 0. The van der Waals surface area contributed by atoms with Crippen molar-refractivity contribution in [1.82, 2.24) is 9.80 Å². The Balaban J connectivity index is 1.69. The topological polar surface area (TPSA) is 6.48 Å². The standard InChI is InChI=1S/C20H40N2/c1-2-3-4-5-6-7-10-15-20(21-16-11-8-12-17-21)22-18-13-9-14-19-22/h20H,2-19H2,1H3. The first-order valence-electron chi connectivity index (χ1n) is 10.4. The summed E-state index contributed by atoms with van der Waals surface area (Å²) in [7, 11) is 0. The third-order valence-electron chi connectivity index (χ3n) is 5.69. The van der Waals surface area contributed by atoms with Crippen molar-refractivity contribution < 1.29 is 0 Å². The molecule has 2 fully saturated rings. The van der Waals surface area contributed by atoms with Crippen molar-refractivity contribution in [2.45, 2.75) is 103 Å². The number of piperidine rings is 2. The van der Waals surface area contributed by atoms with Crippen LogP contribution in [0, 0.1) is 0 Å². The molecule has 0 unspecified atom stereocenters. The van der Waals surface area contributed by atoms with Crippen LogP contribution in [0.1, 0.15) is 96.8 Å². The van der Waals surface area contributed by atoms with Crippen LogP contribution in [0.3, 0.4) is 0 Å². The first kappa shape index (κ1) is 18.3. The highest BCUT2D eigenvalue weighted by Gasteiger charge is 2.26. The molecule has 2 aliphatic rings. The Bertz CT molecular complexity index is 236. The molecule has 130 valence electrons. The zero-order chi connectivity index (χ0) is 15.5. The van der Waals surface area contributed by atoms with Crippen LogP contribution >= 0.6 is 0 Å². The minimum absolute atomic E-state index is 0.774. The molecule has 0 spiro atoms. The van der Waals surface area contributed by atoms with Crippen molar-refractivity contribution >= 4 is 0 Å². The van der Waals surface area contributed by atoms with Crippen molar-refractivity contribution in [2.75, 3.05) is 26.2 Å². The molecule has 0 aliphatic carbocycles. The van der Waals surface area contributed by atoms with E-state index >= 15 is 0 Å². The monoisotopic (exact) mass is 308 g/mol. The van der Waals surface area contributed by atoms with Crippen LogP contribution in [0.15, 0.2) is 0 Å². The fourth-order valence-electron chi connectivity index (χ4n) is 4.31. The third-order valence-corrected chi connectivity index (χ3v) is 5.69. The predicted molar refractivity (Wildman–Crippen MR) is 97.2 cm³/mol. The Kier molecular flexibility index (Phi) is 9.51. The van der Waals surface area contributed by atoms with Gasteiger partial charge >= 0.3 is 0 Å². The minimum atomic E-state index is 0.774. The quantitative estimate of drug-likeness (QED) is 0.497. The number of nitrogens with zero attached hydrogens (tertiary/aromatic N) is 2. The summed E-state index contributed by atoms with van der Waals surface area (Å²) in [6.07, 6.45) is 20.9. The largest absolute Gasteiger partial charge is 0.288 e. The summed E-state index contributed by atoms with van der Waals surface area (Å²) >= 11 is 0. The average molecular weight is 309 g/mol. The SMILES string of the molecule is CCCCCCCCCC(N1CCCCC1)N1CCCCC1.